The van der Waals surface area contributed by atoms with Crippen molar-refractivity contribution in [2.75, 3.05) is 6.61 Å². The molecule has 0 N–H and O–H groups in total. The Morgan fingerprint density at radius 3 is 2.68 bits per heavy atom. The molecule has 5 heteroatoms. The van der Waals surface area contributed by atoms with Gasteiger partial charge in [-0.05, 0) is 39.7 Å². The van der Waals surface area contributed by atoms with Crippen LogP contribution in [-0.4, -0.2) is 23.2 Å². The molecule has 1 aromatic rings. The van der Waals surface area contributed by atoms with Crippen LogP contribution in [0.4, 0.5) is 0 Å². The molecule has 0 saturated heterocycles. The number of carbonyl (C=O) groups excluding carboxylic acids is 1. The Kier molecular flexibility index (Phi) is 6.09. The monoisotopic (exact) mass is 285 g/mol. The second-order valence-corrected chi connectivity index (χ2v) is 5.58. The van der Waals surface area contributed by atoms with Gasteiger partial charge in [0.1, 0.15) is 10.8 Å². The molecular formula is C14H20ClNO3. The summed E-state index contributed by atoms with van der Waals surface area (Å²) in [5.41, 5.74) is -0.418. The SMILES string of the molecule is CC(C)(C)OC(=O)CCCCOc1cccc(Cl)n1. The van der Waals surface area contributed by atoms with Crippen molar-refractivity contribution in [1.29, 1.82) is 0 Å². The molecule has 0 saturated carbocycles. The van der Waals surface area contributed by atoms with Crippen LogP contribution in [0.3, 0.4) is 0 Å². The van der Waals surface area contributed by atoms with Gasteiger partial charge < -0.3 is 9.47 Å². The van der Waals surface area contributed by atoms with E-state index in [1.54, 1.807) is 18.2 Å². The second kappa shape index (κ2) is 7.34. The normalized spacial score (nSPS) is 11.2. The van der Waals surface area contributed by atoms with Crippen LogP contribution in [-0.2, 0) is 9.53 Å². The highest BCUT2D eigenvalue weighted by Gasteiger charge is 2.15. The van der Waals surface area contributed by atoms with Crippen molar-refractivity contribution >= 4 is 17.6 Å². The number of rotatable bonds is 6. The first-order chi connectivity index (χ1) is 8.87. The number of hydrogen-bond acceptors (Lipinski definition) is 4. The minimum atomic E-state index is -0.418. The maximum Gasteiger partial charge on any atom is 0.306 e. The zero-order valence-electron chi connectivity index (χ0n) is 11.6. The fraction of sp³-hybridized carbons (Fsp3) is 0.571. The average molecular weight is 286 g/mol. The van der Waals surface area contributed by atoms with Crippen LogP contribution in [0.25, 0.3) is 0 Å². The van der Waals surface area contributed by atoms with Crippen molar-refractivity contribution in [1.82, 2.24) is 4.98 Å². The number of unbranched alkanes of at least 4 members (excludes halogenated alkanes) is 1. The lowest BCUT2D eigenvalue weighted by molar-refractivity contribution is -0.154. The molecule has 4 nitrogen and oxygen atoms in total. The van der Waals surface area contributed by atoms with Crippen LogP contribution in [0.2, 0.25) is 5.15 Å². The average Bonchev–Trinajstić information content (AvgIpc) is 2.26. The molecule has 1 heterocycles. The molecule has 1 rings (SSSR count). The third-order valence-corrected chi connectivity index (χ3v) is 2.35. The largest absolute Gasteiger partial charge is 0.478 e. The highest BCUT2D eigenvalue weighted by atomic mass is 35.5. The highest BCUT2D eigenvalue weighted by Crippen LogP contribution is 2.13. The quantitative estimate of drug-likeness (QED) is 0.455. The molecule has 0 amide bonds. The fourth-order valence-electron chi connectivity index (χ4n) is 1.41. The van der Waals surface area contributed by atoms with Gasteiger partial charge in [0.2, 0.25) is 5.88 Å². The number of hydrogen-bond donors (Lipinski definition) is 0. The summed E-state index contributed by atoms with van der Waals surface area (Å²) in [4.78, 5) is 15.4. The molecule has 0 bridgehead atoms. The van der Waals surface area contributed by atoms with Gasteiger partial charge in [0, 0.05) is 12.5 Å². The third-order valence-electron chi connectivity index (χ3n) is 2.13. The molecule has 0 aliphatic rings. The summed E-state index contributed by atoms with van der Waals surface area (Å²) in [5, 5.41) is 0.409. The molecule has 19 heavy (non-hydrogen) atoms. The van der Waals surface area contributed by atoms with Gasteiger partial charge in [-0.3, -0.25) is 4.79 Å². The van der Waals surface area contributed by atoms with Crippen LogP contribution in [0.15, 0.2) is 18.2 Å². The van der Waals surface area contributed by atoms with Crippen LogP contribution < -0.4 is 4.74 Å². The Bertz CT molecular complexity index is 415. The molecule has 0 radical (unpaired) electrons. The summed E-state index contributed by atoms with van der Waals surface area (Å²) in [6, 6.07) is 5.22. The lowest BCUT2D eigenvalue weighted by atomic mass is 10.2. The Labute approximate surface area is 119 Å². The van der Waals surface area contributed by atoms with E-state index in [1.165, 1.54) is 0 Å². The van der Waals surface area contributed by atoms with Gasteiger partial charge >= 0.3 is 5.97 Å². The zero-order valence-corrected chi connectivity index (χ0v) is 12.4. The summed E-state index contributed by atoms with van der Waals surface area (Å²) >= 11 is 5.74. The van der Waals surface area contributed by atoms with E-state index in [-0.39, 0.29) is 5.97 Å². The first-order valence-electron chi connectivity index (χ1n) is 6.34. The third kappa shape index (κ3) is 7.67. The summed E-state index contributed by atoms with van der Waals surface area (Å²) in [5.74, 6) is 0.332. The molecular weight excluding hydrogens is 266 g/mol. The van der Waals surface area contributed by atoms with E-state index in [9.17, 15) is 4.79 Å². The van der Waals surface area contributed by atoms with Gasteiger partial charge in [-0.25, -0.2) is 4.98 Å². The molecule has 0 spiro atoms. The highest BCUT2D eigenvalue weighted by molar-refractivity contribution is 6.29. The smallest absolute Gasteiger partial charge is 0.306 e. The van der Waals surface area contributed by atoms with E-state index in [4.69, 9.17) is 21.1 Å². The number of nitrogens with zero attached hydrogens (tertiary/aromatic N) is 1. The molecule has 0 atom stereocenters. The number of carbonyl (C=O) groups is 1. The number of ether oxygens (including phenoxy) is 2. The number of esters is 1. The molecule has 0 aliphatic carbocycles. The fourth-order valence-corrected chi connectivity index (χ4v) is 1.57. The van der Waals surface area contributed by atoms with Crippen LogP contribution >= 0.6 is 11.6 Å². The number of halogens is 1. The predicted octanol–water partition coefficient (Wildman–Crippen LogP) is 3.63. The summed E-state index contributed by atoms with van der Waals surface area (Å²) in [7, 11) is 0. The van der Waals surface area contributed by atoms with Gasteiger partial charge in [0.25, 0.3) is 0 Å². The lowest BCUT2D eigenvalue weighted by Gasteiger charge is -2.19. The molecule has 106 valence electrons. The lowest BCUT2D eigenvalue weighted by Crippen LogP contribution is -2.23. The Hall–Kier alpha value is -1.29. The first kappa shape index (κ1) is 15.8. The maximum absolute atomic E-state index is 11.4. The van der Waals surface area contributed by atoms with Crippen molar-refractivity contribution in [3.8, 4) is 5.88 Å². The van der Waals surface area contributed by atoms with E-state index in [0.717, 1.165) is 12.8 Å². The van der Waals surface area contributed by atoms with E-state index in [0.29, 0.717) is 24.1 Å². The van der Waals surface area contributed by atoms with Crippen molar-refractivity contribution < 1.29 is 14.3 Å². The van der Waals surface area contributed by atoms with Crippen LogP contribution in [0.5, 0.6) is 5.88 Å². The van der Waals surface area contributed by atoms with Crippen LogP contribution in [0, 0.1) is 0 Å². The van der Waals surface area contributed by atoms with Gasteiger partial charge in [-0.15, -0.1) is 0 Å². The van der Waals surface area contributed by atoms with Crippen molar-refractivity contribution in [2.24, 2.45) is 0 Å². The minimum Gasteiger partial charge on any atom is -0.478 e. The van der Waals surface area contributed by atoms with Crippen molar-refractivity contribution in [3.05, 3.63) is 23.4 Å². The van der Waals surface area contributed by atoms with E-state index < -0.39 is 5.60 Å². The van der Waals surface area contributed by atoms with E-state index in [1.807, 2.05) is 20.8 Å². The molecule has 0 aliphatic heterocycles. The second-order valence-electron chi connectivity index (χ2n) is 5.19. The summed E-state index contributed by atoms with van der Waals surface area (Å²) in [6.45, 7) is 6.09. The minimum absolute atomic E-state index is 0.173. The number of pyridine rings is 1. The standard InChI is InChI=1S/C14H20ClNO3/c1-14(2,3)19-13(17)9-4-5-10-18-12-8-6-7-11(15)16-12/h6-8H,4-5,9-10H2,1-3H3. The van der Waals surface area contributed by atoms with Crippen molar-refractivity contribution in [2.45, 2.75) is 45.6 Å². The molecule has 0 aromatic carbocycles. The zero-order chi connectivity index (χ0) is 14.3. The molecule has 0 unspecified atom stereocenters. The number of aromatic nitrogens is 1. The van der Waals surface area contributed by atoms with Crippen molar-refractivity contribution in [3.63, 3.8) is 0 Å². The van der Waals surface area contributed by atoms with Gasteiger partial charge in [0.05, 0.1) is 6.61 Å². The maximum atomic E-state index is 11.4. The first-order valence-corrected chi connectivity index (χ1v) is 6.72. The van der Waals surface area contributed by atoms with E-state index >= 15 is 0 Å². The van der Waals surface area contributed by atoms with E-state index in [2.05, 4.69) is 4.98 Å². The summed E-state index contributed by atoms with van der Waals surface area (Å²) < 4.78 is 10.6. The summed E-state index contributed by atoms with van der Waals surface area (Å²) in [6.07, 6.45) is 1.91. The van der Waals surface area contributed by atoms with Gasteiger partial charge in [0.15, 0.2) is 0 Å². The Balaban J connectivity index is 2.13. The topological polar surface area (TPSA) is 48.4 Å². The Morgan fingerprint density at radius 1 is 1.32 bits per heavy atom. The Morgan fingerprint density at radius 2 is 2.05 bits per heavy atom. The predicted molar refractivity (Wildman–Crippen MR) is 74.4 cm³/mol. The molecule has 1 aromatic heterocycles. The van der Waals surface area contributed by atoms with Gasteiger partial charge in [-0.1, -0.05) is 17.7 Å². The van der Waals surface area contributed by atoms with Gasteiger partial charge in [-0.2, -0.15) is 0 Å². The van der Waals surface area contributed by atoms with Crippen LogP contribution in [0.1, 0.15) is 40.0 Å². The molecule has 0 fully saturated rings.